The monoisotopic (exact) mass is 152 g/mol. The predicted molar refractivity (Wildman–Crippen MR) is 41.2 cm³/mol. The first-order valence-corrected chi connectivity index (χ1v) is 2.96. The van der Waals surface area contributed by atoms with Crippen LogP contribution in [0.1, 0.15) is 5.69 Å². The van der Waals surface area contributed by atoms with Crippen molar-refractivity contribution in [1.29, 1.82) is 0 Å². The van der Waals surface area contributed by atoms with E-state index in [1.807, 2.05) is 0 Å². The average molecular weight is 152 g/mol. The van der Waals surface area contributed by atoms with Gasteiger partial charge in [0.15, 0.2) is 5.95 Å². The van der Waals surface area contributed by atoms with Gasteiger partial charge in [0, 0.05) is 6.08 Å². The molecule has 0 aromatic carbocycles. The molecule has 1 rings (SSSR count). The number of amides is 1. The molecule has 0 unspecified atom stereocenters. The molecule has 1 heterocycles. The van der Waals surface area contributed by atoms with Gasteiger partial charge in [-0.15, -0.1) is 0 Å². The lowest BCUT2D eigenvalue weighted by molar-refractivity contribution is -0.113. The Morgan fingerprint density at radius 1 is 1.73 bits per heavy atom. The fourth-order valence-corrected chi connectivity index (χ4v) is 0.608. The van der Waals surface area contributed by atoms with Crippen molar-refractivity contribution >= 4 is 17.9 Å². The molecule has 0 fully saturated rings. The minimum Gasteiger partial charge on any atom is -0.369 e. The lowest BCUT2D eigenvalue weighted by atomic mass is 10.4. The van der Waals surface area contributed by atoms with Gasteiger partial charge in [-0.05, 0) is 6.08 Å². The fraction of sp³-hybridized carbons (Fsp3) is 0. The van der Waals surface area contributed by atoms with E-state index in [9.17, 15) is 4.79 Å². The number of primary amides is 1. The summed E-state index contributed by atoms with van der Waals surface area (Å²) in [5.74, 6) is -0.188. The zero-order valence-electron chi connectivity index (χ0n) is 5.74. The van der Waals surface area contributed by atoms with Crippen LogP contribution in [-0.2, 0) is 4.79 Å². The number of nitrogen functional groups attached to an aromatic ring is 1. The largest absolute Gasteiger partial charge is 0.369 e. The van der Waals surface area contributed by atoms with Crippen molar-refractivity contribution < 1.29 is 4.79 Å². The van der Waals surface area contributed by atoms with Crippen molar-refractivity contribution in [3.8, 4) is 0 Å². The third-order valence-electron chi connectivity index (χ3n) is 1.04. The number of rotatable bonds is 2. The van der Waals surface area contributed by atoms with Gasteiger partial charge in [0.05, 0.1) is 11.9 Å². The van der Waals surface area contributed by atoms with Crippen LogP contribution in [0.15, 0.2) is 12.3 Å². The maximum atomic E-state index is 10.2. The van der Waals surface area contributed by atoms with E-state index in [-0.39, 0.29) is 0 Å². The number of aromatic amines is 1. The first-order valence-electron chi connectivity index (χ1n) is 2.96. The highest BCUT2D eigenvalue weighted by Gasteiger charge is 1.91. The van der Waals surface area contributed by atoms with Gasteiger partial charge in [0.2, 0.25) is 5.91 Å². The van der Waals surface area contributed by atoms with E-state index in [0.29, 0.717) is 11.6 Å². The maximum Gasteiger partial charge on any atom is 0.241 e. The van der Waals surface area contributed by atoms with Gasteiger partial charge in [-0.25, -0.2) is 4.98 Å². The quantitative estimate of drug-likeness (QED) is 0.498. The minimum absolute atomic E-state index is 0.314. The second-order valence-corrected chi connectivity index (χ2v) is 1.96. The molecule has 1 aromatic rings. The molecule has 0 spiro atoms. The van der Waals surface area contributed by atoms with Gasteiger partial charge >= 0.3 is 0 Å². The summed E-state index contributed by atoms with van der Waals surface area (Å²) in [4.78, 5) is 16.7. The summed E-state index contributed by atoms with van der Waals surface area (Å²) in [5.41, 5.74) is 10.8. The molecule has 0 atom stereocenters. The summed E-state index contributed by atoms with van der Waals surface area (Å²) in [6, 6.07) is 0. The number of nitrogens with zero attached hydrogens (tertiary/aromatic N) is 1. The Morgan fingerprint density at radius 3 is 2.91 bits per heavy atom. The third kappa shape index (κ3) is 2.13. The number of aromatic nitrogens is 2. The standard InChI is InChI=1S/C6H8N4O/c7-5(11)2-1-4-3-9-6(8)10-4/h1-3H,(H2,7,11)(H3,8,9,10)/b2-1+. The summed E-state index contributed by atoms with van der Waals surface area (Å²) in [6.45, 7) is 0. The smallest absolute Gasteiger partial charge is 0.241 e. The van der Waals surface area contributed by atoms with Gasteiger partial charge in [-0.2, -0.15) is 0 Å². The van der Waals surface area contributed by atoms with Crippen LogP contribution < -0.4 is 11.5 Å². The molecule has 11 heavy (non-hydrogen) atoms. The van der Waals surface area contributed by atoms with Crippen molar-refractivity contribution in [2.24, 2.45) is 5.73 Å². The molecular formula is C6H8N4O. The van der Waals surface area contributed by atoms with Gasteiger partial charge in [0.25, 0.3) is 0 Å². The molecule has 0 aliphatic heterocycles. The van der Waals surface area contributed by atoms with Crippen LogP contribution in [0.3, 0.4) is 0 Å². The van der Waals surface area contributed by atoms with Crippen LogP contribution >= 0.6 is 0 Å². The van der Waals surface area contributed by atoms with E-state index in [4.69, 9.17) is 11.5 Å². The van der Waals surface area contributed by atoms with Gasteiger partial charge in [-0.3, -0.25) is 4.79 Å². The number of carbonyl (C=O) groups excluding carboxylic acids is 1. The van der Waals surface area contributed by atoms with Crippen molar-refractivity contribution in [3.63, 3.8) is 0 Å². The zero-order valence-corrected chi connectivity index (χ0v) is 5.74. The molecule has 1 aromatic heterocycles. The Kier molecular flexibility index (Phi) is 1.91. The Labute approximate surface area is 63.1 Å². The van der Waals surface area contributed by atoms with Gasteiger partial charge in [0.1, 0.15) is 0 Å². The number of hydrogen-bond acceptors (Lipinski definition) is 3. The van der Waals surface area contributed by atoms with E-state index in [1.165, 1.54) is 18.3 Å². The zero-order chi connectivity index (χ0) is 8.27. The molecule has 0 saturated heterocycles. The van der Waals surface area contributed by atoms with Crippen molar-refractivity contribution in [1.82, 2.24) is 9.97 Å². The highest BCUT2D eigenvalue weighted by atomic mass is 16.1. The molecule has 0 bridgehead atoms. The van der Waals surface area contributed by atoms with E-state index in [0.717, 1.165) is 0 Å². The Bertz CT molecular complexity index is 289. The number of imidazole rings is 1. The lowest BCUT2D eigenvalue weighted by Gasteiger charge is -1.81. The van der Waals surface area contributed by atoms with Gasteiger partial charge < -0.3 is 16.5 Å². The maximum absolute atomic E-state index is 10.2. The molecule has 5 nitrogen and oxygen atoms in total. The molecular weight excluding hydrogens is 144 g/mol. The Hall–Kier alpha value is -1.78. The van der Waals surface area contributed by atoms with Crippen molar-refractivity contribution in [3.05, 3.63) is 18.0 Å². The highest BCUT2D eigenvalue weighted by molar-refractivity contribution is 5.89. The summed E-state index contributed by atoms with van der Waals surface area (Å²) in [5, 5.41) is 0. The second kappa shape index (κ2) is 2.87. The lowest BCUT2D eigenvalue weighted by Crippen LogP contribution is -2.05. The van der Waals surface area contributed by atoms with Crippen molar-refractivity contribution in [2.45, 2.75) is 0 Å². The van der Waals surface area contributed by atoms with E-state index >= 15 is 0 Å². The number of carbonyl (C=O) groups is 1. The molecule has 0 radical (unpaired) electrons. The fourth-order valence-electron chi connectivity index (χ4n) is 0.608. The molecule has 0 aliphatic carbocycles. The SMILES string of the molecule is NC(=O)/C=C/c1cnc(N)[nH]1. The molecule has 58 valence electrons. The topological polar surface area (TPSA) is 97.8 Å². The number of anilines is 1. The average Bonchev–Trinajstić information content (AvgIpc) is 2.31. The number of hydrogen-bond donors (Lipinski definition) is 3. The predicted octanol–water partition coefficient (Wildman–Crippen LogP) is -0.510. The summed E-state index contributed by atoms with van der Waals surface area (Å²) >= 11 is 0. The normalized spacial score (nSPS) is 10.5. The molecule has 5 N–H and O–H groups in total. The first-order chi connectivity index (χ1) is 5.18. The molecule has 5 heteroatoms. The van der Waals surface area contributed by atoms with E-state index in [2.05, 4.69) is 9.97 Å². The van der Waals surface area contributed by atoms with Crippen LogP contribution in [0.2, 0.25) is 0 Å². The molecule has 0 aliphatic rings. The van der Waals surface area contributed by atoms with Crippen molar-refractivity contribution in [2.75, 3.05) is 5.73 Å². The third-order valence-corrected chi connectivity index (χ3v) is 1.04. The Morgan fingerprint density at radius 2 is 2.45 bits per heavy atom. The summed E-state index contributed by atoms with van der Waals surface area (Å²) < 4.78 is 0. The molecule has 1 amide bonds. The van der Waals surface area contributed by atoms with Crippen LogP contribution in [0.4, 0.5) is 5.95 Å². The summed E-state index contributed by atoms with van der Waals surface area (Å²) in [7, 11) is 0. The minimum atomic E-state index is -0.502. The number of H-pyrrole nitrogens is 1. The first kappa shape index (κ1) is 7.33. The van der Waals surface area contributed by atoms with E-state index < -0.39 is 5.91 Å². The molecule has 0 saturated carbocycles. The van der Waals surface area contributed by atoms with Gasteiger partial charge in [-0.1, -0.05) is 0 Å². The second-order valence-electron chi connectivity index (χ2n) is 1.96. The van der Waals surface area contributed by atoms with Crippen LogP contribution in [0.25, 0.3) is 6.08 Å². The highest BCUT2D eigenvalue weighted by Crippen LogP contribution is 1.99. The number of nitrogens with one attached hydrogen (secondary N) is 1. The van der Waals surface area contributed by atoms with Crippen LogP contribution in [0, 0.1) is 0 Å². The van der Waals surface area contributed by atoms with Crippen LogP contribution in [0.5, 0.6) is 0 Å². The summed E-state index contributed by atoms with van der Waals surface area (Å²) in [6.07, 6.45) is 4.24. The number of nitrogens with two attached hydrogens (primary N) is 2. The Balaban J connectivity index is 2.71. The van der Waals surface area contributed by atoms with Crippen LogP contribution in [-0.4, -0.2) is 15.9 Å². The van der Waals surface area contributed by atoms with E-state index in [1.54, 1.807) is 0 Å².